The van der Waals surface area contributed by atoms with Gasteiger partial charge in [0.1, 0.15) is 12.3 Å². The summed E-state index contributed by atoms with van der Waals surface area (Å²) in [5.74, 6) is -1.23. The van der Waals surface area contributed by atoms with E-state index in [4.69, 9.17) is 32.7 Å². The molecule has 0 unspecified atom stereocenters. The second-order valence-electron chi connectivity index (χ2n) is 5.22. The maximum absolute atomic E-state index is 11.9. The predicted molar refractivity (Wildman–Crippen MR) is 101 cm³/mol. The van der Waals surface area contributed by atoms with Gasteiger partial charge < -0.3 is 20.1 Å². The minimum atomic E-state index is -0.766. The van der Waals surface area contributed by atoms with Gasteiger partial charge in [-0.3, -0.25) is 14.4 Å². The number of rotatable bonds is 7. The van der Waals surface area contributed by atoms with Crippen LogP contribution in [-0.4, -0.2) is 38.0 Å². The fourth-order valence-corrected chi connectivity index (χ4v) is 2.48. The Labute approximate surface area is 165 Å². The topological polar surface area (TPSA) is 93.7 Å². The van der Waals surface area contributed by atoms with Crippen molar-refractivity contribution < 1.29 is 23.9 Å². The van der Waals surface area contributed by atoms with Crippen molar-refractivity contribution in [2.45, 2.75) is 0 Å². The second-order valence-corrected chi connectivity index (χ2v) is 6.03. The summed E-state index contributed by atoms with van der Waals surface area (Å²) in [4.78, 5) is 35.5. The highest BCUT2D eigenvalue weighted by Crippen LogP contribution is 2.29. The molecule has 0 aliphatic rings. The second kappa shape index (κ2) is 9.80. The lowest BCUT2D eigenvalue weighted by molar-refractivity contribution is -0.146. The quantitative estimate of drug-likeness (QED) is 0.684. The van der Waals surface area contributed by atoms with E-state index in [-0.39, 0.29) is 22.3 Å². The zero-order chi connectivity index (χ0) is 19.8. The number of amides is 2. The molecule has 2 aromatic carbocycles. The normalized spacial score (nSPS) is 10.0. The first-order valence-corrected chi connectivity index (χ1v) is 8.48. The summed E-state index contributed by atoms with van der Waals surface area (Å²) in [6.07, 6.45) is 0. The number of ether oxygens (including phenoxy) is 2. The Bertz CT molecular complexity index is 820. The van der Waals surface area contributed by atoms with Gasteiger partial charge in [0.2, 0.25) is 0 Å². The van der Waals surface area contributed by atoms with E-state index in [2.05, 4.69) is 10.6 Å². The molecule has 0 heterocycles. The molecule has 0 saturated heterocycles. The van der Waals surface area contributed by atoms with Crippen LogP contribution in [0.15, 0.2) is 42.5 Å². The standard InChI is InChI=1S/C18H16Cl2N2O5/c1-26-12-7-5-11(6-8-12)18(25)21-9-16(24)27-10-15(23)22-17-13(19)3-2-4-14(17)20/h2-8H,9-10H2,1H3,(H,21,25)(H,22,23). The molecule has 2 amide bonds. The zero-order valence-corrected chi connectivity index (χ0v) is 15.8. The summed E-state index contributed by atoms with van der Waals surface area (Å²) >= 11 is 11.9. The van der Waals surface area contributed by atoms with Gasteiger partial charge in [0.25, 0.3) is 11.8 Å². The number of anilines is 1. The summed E-state index contributed by atoms with van der Waals surface area (Å²) < 4.78 is 9.81. The van der Waals surface area contributed by atoms with Crippen LogP contribution in [0, 0.1) is 0 Å². The van der Waals surface area contributed by atoms with Gasteiger partial charge in [-0.05, 0) is 36.4 Å². The van der Waals surface area contributed by atoms with Crippen LogP contribution in [0.25, 0.3) is 0 Å². The smallest absolute Gasteiger partial charge is 0.325 e. The molecule has 142 valence electrons. The summed E-state index contributed by atoms with van der Waals surface area (Å²) in [6, 6.07) is 11.1. The number of nitrogens with one attached hydrogen (secondary N) is 2. The summed E-state index contributed by atoms with van der Waals surface area (Å²) in [5.41, 5.74) is 0.587. The Morgan fingerprint density at radius 3 is 2.22 bits per heavy atom. The monoisotopic (exact) mass is 410 g/mol. The molecular weight excluding hydrogens is 395 g/mol. The van der Waals surface area contributed by atoms with Gasteiger partial charge >= 0.3 is 5.97 Å². The Hall–Kier alpha value is -2.77. The molecule has 0 radical (unpaired) electrons. The Balaban J connectivity index is 1.76. The van der Waals surface area contributed by atoms with Crippen molar-refractivity contribution in [3.63, 3.8) is 0 Å². The number of esters is 1. The third kappa shape index (κ3) is 6.16. The minimum Gasteiger partial charge on any atom is -0.497 e. The lowest BCUT2D eigenvalue weighted by Gasteiger charge is -2.10. The molecule has 0 fully saturated rings. The zero-order valence-electron chi connectivity index (χ0n) is 14.3. The van der Waals surface area contributed by atoms with Gasteiger partial charge in [0.15, 0.2) is 6.61 Å². The number of benzene rings is 2. The van der Waals surface area contributed by atoms with Gasteiger partial charge in [-0.25, -0.2) is 0 Å². The van der Waals surface area contributed by atoms with Gasteiger partial charge in [-0.2, -0.15) is 0 Å². The molecule has 27 heavy (non-hydrogen) atoms. The first kappa shape index (κ1) is 20.5. The van der Waals surface area contributed by atoms with Gasteiger partial charge in [-0.1, -0.05) is 29.3 Å². The Morgan fingerprint density at radius 1 is 1.00 bits per heavy atom. The molecule has 2 rings (SSSR count). The van der Waals surface area contributed by atoms with Gasteiger partial charge in [-0.15, -0.1) is 0 Å². The van der Waals surface area contributed by atoms with E-state index >= 15 is 0 Å². The largest absolute Gasteiger partial charge is 0.497 e. The summed E-state index contributed by atoms with van der Waals surface area (Å²) in [6.45, 7) is -0.927. The lowest BCUT2D eigenvalue weighted by atomic mass is 10.2. The minimum absolute atomic E-state index is 0.231. The van der Waals surface area contributed by atoms with Crippen molar-refractivity contribution in [3.8, 4) is 5.75 Å². The molecule has 0 aliphatic heterocycles. The number of carbonyl (C=O) groups excluding carboxylic acids is 3. The lowest BCUT2D eigenvalue weighted by Crippen LogP contribution is -2.32. The molecule has 2 aromatic rings. The van der Waals surface area contributed by atoms with Crippen LogP contribution in [0.5, 0.6) is 5.75 Å². The summed E-state index contributed by atoms with van der Waals surface area (Å²) in [5, 5.41) is 5.37. The number of carbonyl (C=O) groups is 3. The van der Waals surface area contributed by atoms with Crippen molar-refractivity contribution in [2.75, 3.05) is 25.6 Å². The van der Waals surface area contributed by atoms with E-state index in [9.17, 15) is 14.4 Å². The van der Waals surface area contributed by atoms with Crippen LogP contribution in [0.3, 0.4) is 0 Å². The number of para-hydroxylation sites is 1. The van der Waals surface area contributed by atoms with E-state index in [1.165, 1.54) is 7.11 Å². The third-order valence-corrected chi connectivity index (χ3v) is 3.97. The highest BCUT2D eigenvalue weighted by atomic mass is 35.5. The van der Waals surface area contributed by atoms with E-state index < -0.39 is 24.4 Å². The molecule has 0 aromatic heterocycles. The number of hydrogen-bond donors (Lipinski definition) is 2. The fourth-order valence-electron chi connectivity index (χ4n) is 1.99. The highest BCUT2D eigenvalue weighted by molar-refractivity contribution is 6.39. The first-order valence-electron chi connectivity index (χ1n) is 7.72. The van der Waals surface area contributed by atoms with Gasteiger partial charge in [0.05, 0.1) is 22.8 Å². The van der Waals surface area contributed by atoms with E-state index in [1.807, 2.05) is 0 Å². The Kier molecular flexibility index (Phi) is 7.45. The highest BCUT2D eigenvalue weighted by Gasteiger charge is 2.13. The van der Waals surface area contributed by atoms with Crippen molar-refractivity contribution in [1.82, 2.24) is 5.32 Å². The van der Waals surface area contributed by atoms with Crippen molar-refractivity contribution >= 4 is 46.7 Å². The van der Waals surface area contributed by atoms with Crippen molar-refractivity contribution in [2.24, 2.45) is 0 Å². The molecule has 0 bridgehead atoms. The maximum atomic E-state index is 11.9. The van der Waals surface area contributed by atoms with Crippen LogP contribution in [0.2, 0.25) is 10.0 Å². The molecule has 0 atom stereocenters. The molecule has 7 nitrogen and oxygen atoms in total. The van der Waals surface area contributed by atoms with Crippen LogP contribution < -0.4 is 15.4 Å². The maximum Gasteiger partial charge on any atom is 0.325 e. The van der Waals surface area contributed by atoms with Crippen molar-refractivity contribution in [1.29, 1.82) is 0 Å². The van der Waals surface area contributed by atoms with E-state index in [1.54, 1.807) is 42.5 Å². The molecule has 2 N–H and O–H groups in total. The molecule has 0 aliphatic carbocycles. The Morgan fingerprint density at radius 2 is 1.63 bits per heavy atom. The predicted octanol–water partition coefficient (Wildman–Crippen LogP) is 2.91. The summed E-state index contributed by atoms with van der Waals surface area (Å²) in [7, 11) is 1.51. The first-order chi connectivity index (χ1) is 12.9. The van der Waals surface area contributed by atoms with Crippen LogP contribution in [-0.2, 0) is 14.3 Å². The van der Waals surface area contributed by atoms with Crippen molar-refractivity contribution in [3.05, 3.63) is 58.1 Å². The van der Waals surface area contributed by atoms with E-state index in [0.717, 1.165) is 0 Å². The third-order valence-electron chi connectivity index (χ3n) is 3.34. The average Bonchev–Trinajstić information content (AvgIpc) is 2.67. The fraction of sp³-hybridized carbons (Fsp3) is 0.167. The number of halogens is 2. The van der Waals surface area contributed by atoms with Crippen LogP contribution in [0.1, 0.15) is 10.4 Å². The number of hydrogen-bond acceptors (Lipinski definition) is 5. The van der Waals surface area contributed by atoms with Gasteiger partial charge in [0, 0.05) is 5.56 Å². The molecular formula is C18H16Cl2N2O5. The molecule has 0 spiro atoms. The molecule has 9 heteroatoms. The average molecular weight is 411 g/mol. The van der Waals surface area contributed by atoms with Crippen LogP contribution in [0.4, 0.5) is 5.69 Å². The number of methoxy groups -OCH3 is 1. The van der Waals surface area contributed by atoms with Crippen LogP contribution >= 0.6 is 23.2 Å². The molecule has 0 saturated carbocycles. The van der Waals surface area contributed by atoms with E-state index in [0.29, 0.717) is 11.3 Å². The SMILES string of the molecule is COc1ccc(C(=O)NCC(=O)OCC(=O)Nc2c(Cl)cccc2Cl)cc1.